The summed E-state index contributed by atoms with van der Waals surface area (Å²) in [6.07, 6.45) is 4.35. The van der Waals surface area contributed by atoms with Gasteiger partial charge in [0.1, 0.15) is 23.0 Å². The summed E-state index contributed by atoms with van der Waals surface area (Å²) in [6, 6.07) is 15.4. The molecule has 0 spiro atoms. The molecule has 158 valence electrons. The molecule has 0 bridgehead atoms. The number of benzene rings is 2. The number of hydrogen-bond acceptors (Lipinski definition) is 4. The van der Waals surface area contributed by atoms with E-state index in [2.05, 4.69) is 19.1 Å². The second-order valence-electron chi connectivity index (χ2n) is 7.96. The summed E-state index contributed by atoms with van der Waals surface area (Å²) < 4.78 is 7.68. The maximum absolute atomic E-state index is 13.7. The Morgan fingerprint density at radius 2 is 1.94 bits per heavy atom. The largest absolute Gasteiger partial charge is 0.492 e. The lowest BCUT2D eigenvalue weighted by molar-refractivity contribution is 0.297. The van der Waals surface area contributed by atoms with E-state index < -0.39 is 0 Å². The molecule has 4 aromatic rings. The van der Waals surface area contributed by atoms with Crippen molar-refractivity contribution < 1.29 is 4.74 Å². The van der Waals surface area contributed by atoms with Crippen molar-refractivity contribution in [2.75, 3.05) is 6.61 Å². The van der Waals surface area contributed by atoms with Crippen molar-refractivity contribution in [1.29, 1.82) is 0 Å². The summed E-state index contributed by atoms with van der Waals surface area (Å²) in [5.41, 5.74) is 3.35. The third kappa shape index (κ3) is 4.00. The van der Waals surface area contributed by atoms with Crippen molar-refractivity contribution in [3.63, 3.8) is 0 Å². The zero-order chi connectivity index (χ0) is 21.4. The van der Waals surface area contributed by atoms with E-state index in [0.29, 0.717) is 24.0 Å². The molecule has 31 heavy (non-hydrogen) atoms. The van der Waals surface area contributed by atoms with Crippen molar-refractivity contribution in [2.24, 2.45) is 0 Å². The molecule has 2 aromatic heterocycles. The lowest BCUT2D eigenvalue weighted by Crippen LogP contribution is -2.26. The van der Waals surface area contributed by atoms with Crippen molar-refractivity contribution in [3.8, 4) is 17.1 Å². The van der Waals surface area contributed by atoms with E-state index >= 15 is 0 Å². The Bertz CT molecular complexity index is 1310. The molecular weight excluding hydrogens is 428 g/mol. The number of aromatic nitrogens is 2. The van der Waals surface area contributed by atoms with E-state index in [9.17, 15) is 4.79 Å². The van der Waals surface area contributed by atoms with Gasteiger partial charge in [0.2, 0.25) is 0 Å². The van der Waals surface area contributed by atoms with E-state index in [1.807, 2.05) is 24.3 Å². The van der Waals surface area contributed by atoms with Gasteiger partial charge in [0.25, 0.3) is 5.56 Å². The van der Waals surface area contributed by atoms with E-state index in [0.717, 1.165) is 46.4 Å². The molecule has 0 saturated carbocycles. The Hall–Kier alpha value is -2.63. The molecule has 0 N–H and O–H groups in total. The monoisotopic (exact) mass is 450 g/mol. The number of halogens is 1. The molecule has 1 aliphatic carbocycles. The minimum atomic E-state index is 0.0422. The molecule has 5 rings (SSSR count). The summed E-state index contributed by atoms with van der Waals surface area (Å²) in [5.74, 6) is 1.44. The molecule has 1 aliphatic rings. The lowest BCUT2D eigenvalue weighted by Gasteiger charge is -2.15. The highest BCUT2D eigenvalue weighted by atomic mass is 35.5. The van der Waals surface area contributed by atoms with Gasteiger partial charge in [-0.1, -0.05) is 35.4 Å². The lowest BCUT2D eigenvalue weighted by atomic mass is 9.97. The highest BCUT2D eigenvalue weighted by molar-refractivity contribution is 7.18. The van der Waals surface area contributed by atoms with Crippen molar-refractivity contribution in [2.45, 2.75) is 39.2 Å². The van der Waals surface area contributed by atoms with Crippen LogP contribution in [-0.2, 0) is 19.4 Å². The molecule has 6 heteroatoms. The fourth-order valence-corrected chi connectivity index (χ4v) is 5.61. The fraction of sp³-hybridized carbons (Fsp3) is 0.280. The van der Waals surface area contributed by atoms with Gasteiger partial charge < -0.3 is 4.74 Å². The number of fused-ring (bicyclic) bond motifs is 3. The zero-order valence-electron chi connectivity index (χ0n) is 17.4. The minimum absolute atomic E-state index is 0.0422. The summed E-state index contributed by atoms with van der Waals surface area (Å²) in [4.78, 5) is 20.9. The predicted molar refractivity (Wildman–Crippen MR) is 128 cm³/mol. The number of rotatable bonds is 5. The Morgan fingerprint density at radius 3 is 2.74 bits per heavy atom. The van der Waals surface area contributed by atoms with Crippen LogP contribution < -0.4 is 10.3 Å². The van der Waals surface area contributed by atoms with Crippen molar-refractivity contribution >= 4 is 33.2 Å². The van der Waals surface area contributed by atoms with Crippen LogP contribution in [0.5, 0.6) is 5.75 Å². The summed E-state index contributed by atoms with van der Waals surface area (Å²) in [5, 5.41) is 1.48. The van der Waals surface area contributed by atoms with Crippen LogP contribution in [0.1, 0.15) is 28.8 Å². The number of thiophene rings is 1. The summed E-state index contributed by atoms with van der Waals surface area (Å²) in [7, 11) is 0. The van der Waals surface area contributed by atoms with E-state index in [-0.39, 0.29) is 5.56 Å². The Balaban J connectivity index is 1.57. The van der Waals surface area contributed by atoms with Crippen molar-refractivity contribution in [3.05, 3.63) is 79.9 Å². The van der Waals surface area contributed by atoms with Gasteiger partial charge >= 0.3 is 0 Å². The first-order valence-electron chi connectivity index (χ1n) is 10.6. The average Bonchev–Trinajstić information content (AvgIpc) is 3.15. The Kier molecular flexibility index (Phi) is 5.55. The number of aryl methyl sites for hydroxylation is 3. The SMILES string of the molecule is Cc1cccc(-c2nc3sc4c(c3c(=O)n2CCOc2ccc(Cl)cc2)CCCC4)c1. The van der Waals surface area contributed by atoms with Gasteiger partial charge in [0, 0.05) is 15.5 Å². The van der Waals surface area contributed by atoms with Crippen LogP contribution in [0.15, 0.2) is 53.3 Å². The quantitative estimate of drug-likeness (QED) is 0.372. The third-order valence-electron chi connectivity index (χ3n) is 5.75. The van der Waals surface area contributed by atoms with E-state index in [1.54, 1.807) is 28.0 Å². The zero-order valence-corrected chi connectivity index (χ0v) is 18.9. The molecule has 0 amide bonds. The second kappa shape index (κ2) is 8.48. The Morgan fingerprint density at radius 1 is 1.13 bits per heavy atom. The van der Waals surface area contributed by atoms with Crippen molar-refractivity contribution in [1.82, 2.24) is 9.55 Å². The van der Waals surface area contributed by atoms with Crippen LogP contribution in [-0.4, -0.2) is 16.2 Å². The highest BCUT2D eigenvalue weighted by Crippen LogP contribution is 2.35. The highest BCUT2D eigenvalue weighted by Gasteiger charge is 2.22. The van der Waals surface area contributed by atoms with Gasteiger partial charge in [-0.2, -0.15) is 0 Å². The predicted octanol–water partition coefficient (Wildman–Crippen LogP) is 6.04. The molecule has 0 unspecified atom stereocenters. The molecule has 4 nitrogen and oxygen atoms in total. The van der Waals surface area contributed by atoms with Crippen LogP contribution in [0.3, 0.4) is 0 Å². The average molecular weight is 451 g/mol. The second-order valence-corrected chi connectivity index (χ2v) is 9.48. The normalized spacial score (nSPS) is 13.4. The van der Waals surface area contributed by atoms with Gasteiger partial charge in [0.15, 0.2) is 0 Å². The number of hydrogen-bond donors (Lipinski definition) is 0. The summed E-state index contributed by atoms with van der Waals surface area (Å²) >= 11 is 7.65. The maximum Gasteiger partial charge on any atom is 0.262 e. The molecule has 0 fully saturated rings. The molecule has 0 radical (unpaired) electrons. The number of nitrogens with zero attached hydrogens (tertiary/aromatic N) is 2. The van der Waals surface area contributed by atoms with E-state index in [1.165, 1.54) is 16.9 Å². The fourth-order valence-electron chi connectivity index (χ4n) is 4.24. The van der Waals surface area contributed by atoms with Crippen LogP contribution in [0.4, 0.5) is 0 Å². The molecule has 0 saturated heterocycles. The summed E-state index contributed by atoms with van der Waals surface area (Å²) in [6.45, 7) is 2.86. The molecule has 0 atom stereocenters. The van der Waals surface area contributed by atoms with Crippen LogP contribution in [0.25, 0.3) is 21.6 Å². The number of ether oxygens (including phenoxy) is 1. The molecular formula is C25H23ClN2O2S. The smallest absolute Gasteiger partial charge is 0.262 e. The Labute approximate surface area is 190 Å². The first-order chi connectivity index (χ1) is 15.1. The van der Waals surface area contributed by atoms with Gasteiger partial charge in [-0.05, 0) is 68.5 Å². The molecule has 0 aliphatic heterocycles. The van der Waals surface area contributed by atoms with Gasteiger partial charge in [-0.15, -0.1) is 11.3 Å². The first-order valence-corrected chi connectivity index (χ1v) is 11.8. The molecule has 2 aromatic carbocycles. The van der Waals surface area contributed by atoms with Crippen LogP contribution >= 0.6 is 22.9 Å². The third-order valence-corrected chi connectivity index (χ3v) is 7.19. The van der Waals surface area contributed by atoms with E-state index in [4.69, 9.17) is 21.3 Å². The first kappa shape index (κ1) is 20.3. The topological polar surface area (TPSA) is 44.1 Å². The minimum Gasteiger partial charge on any atom is -0.492 e. The van der Waals surface area contributed by atoms with Crippen LogP contribution in [0, 0.1) is 6.92 Å². The molecule has 2 heterocycles. The van der Waals surface area contributed by atoms with Gasteiger partial charge in [-0.3, -0.25) is 9.36 Å². The maximum atomic E-state index is 13.7. The standard InChI is InChI=1S/C25H23ClN2O2S/c1-16-5-4-6-17(15-16)23-27-24-22(20-7-2-3-8-21(20)31-24)25(29)28(23)13-14-30-19-11-9-18(26)10-12-19/h4-6,9-12,15H,2-3,7-8,13-14H2,1H3. The van der Waals surface area contributed by atoms with Gasteiger partial charge in [-0.25, -0.2) is 4.98 Å². The van der Waals surface area contributed by atoms with Gasteiger partial charge in [0.05, 0.1) is 11.9 Å². The van der Waals surface area contributed by atoms with Crippen LogP contribution in [0.2, 0.25) is 5.02 Å².